The molecule has 0 aromatic heterocycles. The van der Waals surface area contributed by atoms with E-state index in [1.165, 1.54) is 6.07 Å². The van der Waals surface area contributed by atoms with Gasteiger partial charge in [0.25, 0.3) is 0 Å². The van der Waals surface area contributed by atoms with E-state index in [1.54, 1.807) is 33.8 Å². The van der Waals surface area contributed by atoms with Gasteiger partial charge in [0, 0.05) is 22.3 Å². The van der Waals surface area contributed by atoms with Crippen molar-refractivity contribution in [2.75, 3.05) is 6.61 Å². The maximum absolute atomic E-state index is 14.5. The van der Waals surface area contributed by atoms with E-state index in [9.17, 15) is 39.6 Å². The van der Waals surface area contributed by atoms with Crippen LogP contribution in [0.4, 0.5) is 0 Å². The maximum Gasteiger partial charge on any atom is 0.310 e. The highest BCUT2D eigenvalue weighted by Gasteiger charge is 2.72. The number of phenolic OH excluding ortho intramolecular Hbond substituents is 1. The fourth-order valence-corrected chi connectivity index (χ4v) is 8.34. The number of phenols is 1. The first-order valence-electron chi connectivity index (χ1n) is 15.8. The molecule has 0 spiro atoms. The molecule has 5 rings (SSSR count). The van der Waals surface area contributed by atoms with Crippen molar-refractivity contribution in [2.24, 2.45) is 22.7 Å². The van der Waals surface area contributed by atoms with Gasteiger partial charge in [-0.25, -0.2) is 0 Å². The smallest absolute Gasteiger partial charge is 0.310 e. The Labute approximate surface area is 268 Å². The van der Waals surface area contributed by atoms with Gasteiger partial charge >= 0.3 is 5.97 Å². The molecule has 244 valence electrons. The van der Waals surface area contributed by atoms with Gasteiger partial charge in [-0.15, -0.1) is 0 Å². The average Bonchev–Trinajstić information content (AvgIpc) is 2.95. The van der Waals surface area contributed by atoms with E-state index in [4.69, 9.17) is 4.74 Å². The van der Waals surface area contributed by atoms with Gasteiger partial charge in [-0.2, -0.15) is 0 Å². The third-order valence-corrected chi connectivity index (χ3v) is 10.3. The summed E-state index contributed by atoms with van der Waals surface area (Å²) in [5.41, 5.74) is -3.26. The van der Waals surface area contributed by atoms with Gasteiger partial charge in [-0.05, 0) is 60.4 Å². The molecular weight excluding hydrogens is 588 g/mol. The van der Waals surface area contributed by atoms with Crippen molar-refractivity contribution in [1.29, 1.82) is 0 Å². The summed E-state index contributed by atoms with van der Waals surface area (Å²) in [6.07, 6.45) is 2.02. The SMILES string of the molecule is CCCCOC(=O)Cc1ccc(-c2ccc(O)c3c2C[C@]2(C)C[C@]4(C)C(C(C)C)C(=O)C(C(C)=O)=C(O)[C@]4(O)C(=O)C2=C3O)cc1. The number of aliphatic hydroxyl groups excluding tert-OH is 2. The second-order valence-electron chi connectivity index (χ2n) is 13.9. The fraction of sp³-hybridized carbons (Fsp3) is 0.459. The number of carbonyl (C=O) groups is 4. The van der Waals surface area contributed by atoms with Gasteiger partial charge in [0.2, 0.25) is 5.78 Å². The Kier molecular flexibility index (Phi) is 8.30. The Balaban J connectivity index is 1.63. The van der Waals surface area contributed by atoms with Crippen LogP contribution in [0.25, 0.3) is 16.9 Å². The van der Waals surface area contributed by atoms with E-state index in [1.807, 2.05) is 31.2 Å². The minimum Gasteiger partial charge on any atom is -0.508 e. The van der Waals surface area contributed by atoms with Crippen LogP contribution >= 0.6 is 0 Å². The molecule has 3 aliphatic carbocycles. The van der Waals surface area contributed by atoms with Crippen LogP contribution < -0.4 is 0 Å². The van der Waals surface area contributed by atoms with Crippen LogP contribution in [0.15, 0.2) is 53.3 Å². The largest absolute Gasteiger partial charge is 0.508 e. The van der Waals surface area contributed by atoms with Gasteiger partial charge in [-0.1, -0.05) is 71.4 Å². The molecule has 0 bridgehead atoms. The highest BCUT2D eigenvalue weighted by Crippen LogP contribution is 2.65. The lowest BCUT2D eigenvalue weighted by atomic mass is 9.43. The molecule has 9 nitrogen and oxygen atoms in total. The molecule has 9 heteroatoms. The van der Waals surface area contributed by atoms with E-state index >= 15 is 0 Å². The van der Waals surface area contributed by atoms with E-state index in [2.05, 4.69) is 0 Å². The summed E-state index contributed by atoms with van der Waals surface area (Å²) in [4.78, 5) is 53.0. The number of benzene rings is 2. The van der Waals surface area contributed by atoms with Crippen molar-refractivity contribution >= 4 is 29.1 Å². The summed E-state index contributed by atoms with van der Waals surface area (Å²) in [5, 5.41) is 46.3. The number of fused-ring (bicyclic) bond motifs is 3. The zero-order valence-electron chi connectivity index (χ0n) is 27.2. The van der Waals surface area contributed by atoms with Gasteiger partial charge in [0.1, 0.15) is 22.8 Å². The number of allylic oxidation sites excluding steroid dienone is 1. The first-order valence-corrected chi connectivity index (χ1v) is 15.8. The number of rotatable bonds is 8. The van der Waals surface area contributed by atoms with E-state index in [-0.39, 0.29) is 42.1 Å². The lowest BCUT2D eigenvalue weighted by molar-refractivity contribution is -0.178. The summed E-state index contributed by atoms with van der Waals surface area (Å²) in [5.74, 6) is -5.87. The molecule has 0 radical (unpaired) electrons. The zero-order chi connectivity index (χ0) is 33.9. The van der Waals surface area contributed by atoms with Crippen molar-refractivity contribution in [1.82, 2.24) is 0 Å². The molecular formula is C37H42O9. The second-order valence-corrected chi connectivity index (χ2v) is 13.9. The number of hydrogen-bond donors (Lipinski definition) is 4. The topological polar surface area (TPSA) is 158 Å². The molecule has 1 saturated carbocycles. The third kappa shape index (κ3) is 4.78. The number of esters is 1. The minimum atomic E-state index is -2.65. The molecule has 0 aliphatic heterocycles. The first-order chi connectivity index (χ1) is 21.5. The lowest BCUT2D eigenvalue weighted by Gasteiger charge is -2.59. The summed E-state index contributed by atoms with van der Waals surface area (Å²) < 4.78 is 5.28. The number of hydrogen-bond acceptors (Lipinski definition) is 9. The average molecular weight is 631 g/mol. The van der Waals surface area contributed by atoms with Crippen LogP contribution in [0.5, 0.6) is 5.75 Å². The van der Waals surface area contributed by atoms with Crippen LogP contribution in [-0.4, -0.2) is 56.0 Å². The van der Waals surface area contributed by atoms with Crippen LogP contribution in [0.2, 0.25) is 0 Å². The Bertz CT molecular complexity index is 1710. The monoisotopic (exact) mass is 630 g/mol. The Hall–Kier alpha value is -4.24. The number of aromatic hydroxyl groups is 1. The molecule has 0 amide bonds. The molecule has 3 aliphatic rings. The van der Waals surface area contributed by atoms with Crippen LogP contribution in [0, 0.1) is 22.7 Å². The molecule has 2 aromatic rings. The van der Waals surface area contributed by atoms with Crippen LogP contribution in [0.1, 0.15) is 77.5 Å². The Morgan fingerprint density at radius 3 is 2.26 bits per heavy atom. The zero-order valence-corrected chi connectivity index (χ0v) is 27.2. The predicted molar refractivity (Wildman–Crippen MR) is 171 cm³/mol. The highest BCUT2D eigenvalue weighted by atomic mass is 16.5. The highest BCUT2D eigenvalue weighted by molar-refractivity contribution is 6.24. The summed E-state index contributed by atoms with van der Waals surface area (Å²) in [7, 11) is 0. The summed E-state index contributed by atoms with van der Waals surface area (Å²) in [6, 6.07) is 10.4. The Morgan fingerprint density at radius 1 is 1.02 bits per heavy atom. The standard InChI is InChI=1S/C37H42O9/c1-7-8-15-46-26(40)16-21-9-11-22(12-10-21)23-13-14-25(39)28-24(23)17-35(5)18-36(6)29(19(2)3)31(41)27(20(4)38)33(43)37(36,45)34(44)30(35)32(28)42/h9-14,19,29,39,42-43,45H,7-8,15-18H2,1-6H3/t29?,35-,36-,37+/m1/s1. The van der Waals surface area contributed by atoms with Crippen molar-refractivity contribution in [3.8, 4) is 16.9 Å². The van der Waals surface area contributed by atoms with E-state index < -0.39 is 62.7 Å². The van der Waals surface area contributed by atoms with E-state index in [0.29, 0.717) is 17.7 Å². The van der Waals surface area contributed by atoms with Crippen molar-refractivity contribution < 1.29 is 44.3 Å². The molecule has 4 N–H and O–H groups in total. The summed E-state index contributed by atoms with van der Waals surface area (Å²) in [6.45, 7) is 10.4. The number of Topliss-reactive ketones (excluding diaryl/α,β-unsaturated/α-hetero) is 3. The number of carbonyl (C=O) groups excluding carboxylic acids is 4. The van der Waals surface area contributed by atoms with Gasteiger partial charge in [0.05, 0.1) is 18.6 Å². The quantitative estimate of drug-likeness (QED) is 0.162. The first kappa shape index (κ1) is 33.1. The van der Waals surface area contributed by atoms with E-state index in [0.717, 1.165) is 30.9 Å². The number of ketones is 3. The van der Waals surface area contributed by atoms with Crippen LogP contribution in [-0.2, 0) is 36.8 Å². The van der Waals surface area contributed by atoms with Crippen LogP contribution in [0.3, 0.4) is 0 Å². The number of ether oxygens (including phenoxy) is 1. The molecule has 46 heavy (non-hydrogen) atoms. The van der Waals surface area contributed by atoms with Crippen molar-refractivity contribution in [2.45, 2.75) is 79.2 Å². The molecule has 0 heterocycles. The fourth-order valence-electron chi connectivity index (χ4n) is 8.34. The molecule has 1 unspecified atom stereocenters. The third-order valence-electron chi connectivity index (χ3n) is 10.3. The van der Waals surface area contributed by atoms with Gasteiger partial charge in [0.15, 0.2) is 17.2 Å². The van der Waals surface area contributed by atoms with Gasteiger partial charge in [-0.3, -0.25) is 19.2 Å². The normalized spacial score (nSPS) is 27.3. The molecule has 1 fully saturated rings. The van der Waals surface area contributed by atoms with Crippen molar-refractivity contribution in [3.05, 3.63) is 70.0 Å². The van der Waals surface area contributed by atoms with Gasteiger partial charge < -0.3 is 25.2 Å². The number of unbranched alkanes of at least 4 members (excludes halogenated alkanes) is 1. The van der Waals surface area contributed by atoms with Crippen molar-refractivity contribution in [3.63, 3.8) is 0 Å². The molecule has 0 saturated heterocycles. The number of aliphatic hydroxyl groups is 3. The Morgan fingerprint density at radius 2 is 1.67 bits per heavy atom. The summed E-state index contributed by atoms with van der Waals surface area (Å²) >= 11 is 0. The predicted octanol–water partition coefficient (Wildman–Crippen LogP) is 5.74. The maximum atomic E-state index is 14.5. The lowest BCUT2D eigenvalue weighted by Crippen LogP contribution is -2.69. The second kappa shape index (κ2) is 11.5. The minimum absolute atomic E-state index is 0.0130. The molecule has 2 aromatic carbocycles. The molecule has 4 atom stereocenters.